The van der Waals surface area contributed by atoms with Crippen molar-refractivity contribution in [2.75, 3.05) is 13.2 Å². The molecule has 0 heterocycles. The van der Waals surface area contributed by atoms with E-state index in [2.05, 4.69) is 0 Å². The number of benzene rings is 3. The van der Waals surface area contributed by atoms with Crippen molar-refractivity contribution < 1.29 is 36.9 Å². The molecule has 1 atom stereocenters. The lowest BCUT2D eigenvalue weighted by atomic mass is 10.2. The summed E-state index contributed by atoms with van der Waals surface area (Å²) in [5.74, 6) is 0.568. The zero-order valence-electron chi connectivity index (χ0n) is 17.9. The Morgan fingerprint density at radius 1 is 0.818 bits per heavy atom. The largest absolute Gasteiger partial charge is 0.479 e. The van der Waals surface area contributed by atoms with Crippen molar-refractivity contribution in [3.8, 4) is 17.2 Å². The molecule has 0 aliphatic carbocycles. The van der Waals surface area contributed by atoms with E-state index in [0.717, 1.165) is 17.7 Å². The fraction of sp³-hybridized carbons (Fsp3) is 0.240. The quantitative estimate of drug-likeness (QED) is 0.273. The van der Waals surface area contributed by atoms with Crippen LogP contribution in [-0.4, -0.2) is 25.3 Å². The zero-order chi connectivity index (χ0) is 23.7. The van der Waals surface area contributed by atoms with Crippen LogP contribution in [0.2, 0.25) is 0 Å². The molecule has 1 unspecified atom stereocenters. The number of hydrogen-bond donors (Lipinski definition) is 0. The monoisotopic (exact) mass is 460 g/mol. The molecule has 3 aromatic carbocycles. The summed E-state index contributed by atoms with van der Waals surface area (Å²) in [5.41, 5.74) is 0.286. The summed E-state index contributed by atoms with van der Waals surface area (Å²) in [7, 11) is 0. The van der Waals surface area contributed by atoms with Crippen LogP contribution in [0.25, 0.3) is 0 Å². The number of ether oxygens (including phenoxy) is 4. The van der Waals surface area contributed by atoms with E-state index in [1.165, 1.54) is 12.1 Å². The average molecular weight is 460 g/mol. The van der Waals surface area contributed by atoms with Gasteiger partial charge in [-0.1, -0.05) is 30.3 Å². The highest BCUT2D eigenvalue weighted by molar-refractivity contribution is 5.74. The third-order valence-corrected chi connectivity index (χ3v) is 4.47. The van der Waals surface area contributed by atoms with Crippen LogP contribution in [0.5, 0.6) is 17.2 Å². The second-order valence-corrected chi connectivity index (χ2v) is 7.06. The second kappa shape index (κ2) is 11.4. The molecular formula is C25H23F3O5. The molecule has 174 valence electrons. The molecule has 5 nitrogen and oxygen atoms in total. The van der Waals surface area contributed by atoms with Gasteiger partial charge in [0.1, 0.15) is 23.9 Å². The molecule has 0 bridgehead atoms. The fourth-order valence-electron chi connectivity index (χ4n) is 2.77. The molecule has 0 saturated heterocycles. The van der Waals surface area contributed by atoms with Gasteiger partial charge >= 0.3 is 12.1 Å². The van der Waals surface area contributed by atoms with Gasteiger partial charge in [-0.15, -0.1) is 0 Å². The van der Waals surface area contributed by atoms with Gasteiger partial charge in [-0.2, -0.15) is 13.2 Å². The van der Waals surface area contributed by atoms with Crippen molar-refractivity contribution in [2.45, 2.75) is 25.8 Å². The second-order valence-electron chi connectivity index (χ2n) is 7.06. The van der Waals surface area contributed by atoms with Crippen LogP contribution in [0, 0.1) is 0 Å². The Kier molecular flexibility index (Phi) is 8.32. The Morgan fingerprint density at radius 3 is 2.00 bits per heavy atom. The molecule has 0 amide bonds. The maximum absolute atomic E-state index is 12.6. The highest BCUT2D eigenvalue weighted by Gasteiger charge is 2.30. The predicted molar refractivity (Wildman–Crippen MR) is 115 cm³/mol. The van der Waals surface area contributed by atoms with E-state index >= 15 is 0 Å². The molecule has 0 spiro atoms. The Bertz CT molecular complexity index is 1000. The normalized spacial score (nSPS) is 12.1. The van der Waals surface area contributed by atoms with Crippen LogP contribution in [0.1, 0.15) is 18.1 Å². The number of rotatable bonds is 10. The number of carbonyl (C=O) groups is 1. The van der Waals surface area contributed by atoms with Gasteiger partial charge < -0.3 is 18.9 Å². The first-order valence-corrected chi connectivity index (χ1v) is 10.2. The molecule has 3 rings (SSSR count). The third-order valence-electron chi connectivity index (χ3n) is 4.47. The lowest BCUT2D eigenvalue weighted by Crippen LogP contribution is -2.27. The zero-order valence-corrected chi connectivity index (χ0v) is 17.9. The molecule has 8 heteroatoms. The Labute approximate surface area is 189 Å². The maximum Gasteiger partial charge on any atom is 0.416 e. The van der Waals surface area contributed by atoms with Crippen LogP contribution in [-0.2, 0) is 27.1 Å². The van der Waals surface area contributed by atoms with Gasteiger partial charge in [-0.3, -0.25) is 0 Å². The Balaban J connectivity index is 1.39. The topological polar surface area (TPSA) is 54.0 Å². The van der Waals surface area contributed by atoms with E-state index in [1.807, 2.05) is 30.3 Å². The van der Waals surface area contributed by atoms with Crippen molar-refractivity contribution in [3.05, 3.63) is 90.0 Å². The van der Waals surface area contributed by atoms with Crippen molar-refractivity contribution in [1.29, 1.82) is 0 Å². The molecule has 0 fully saturated rings. The van der Waals surface area contributed by atoms with Gasteiger partial charge in [0.15, 0.2) is 6.10 Å². The third kappa shape index (κ3) is 7.84. The molecule has 0 radical (unpaired) electrons. The standard InChI is InChI=1S/C25H23F3O5/c1-18(24(29)31-16-15-30-17-19-5-3-2-4-6-19)32-21-11-13-23(14-12-21)33-22-9-7-20(8-10-22)25(26,27)28/h2-14,18H,15-17H2,1H3. The summed E-state index contributed by atoms with van der Waals surface area (Å²) in [5, 5.41) is 0. The van der Waals surface area contributed by atoms with Crippen molar-refractivity contribution in [1.82, 2.24) is 0 Å². The van der Waals surface area contributed by atoms with Gasteiger partial charge in [0.05, 0.1) is 18.8 Å². The first-order chi connectivity index (χ1) is 15.8. The first kappa shape index (κ1) is 24.1. The van der Waals surface area contributed by atoms with Crippen molar-refractivity contribution in [3.63, 3.8) is 0 Å². The van der Waals surface area contributed by atoms with Crippen LogP contribution < -0.4 is 9.47 Å². The Hall–Kier alpha value is -3.52. The van der Waals surface area contributed by atoms with E-state index in [0.29, 0.717) is 18.1 Å². The van der Waals surface area contributed by atoms with Gasteiger partial charge in [0.25, 0.3) is 0 Å². The average Bonchev–Trinajstić information content (AvgIpc) is 2.80. The van der Waals surface area contributed by atoms with Crippen molar-refractivity contribution in [2.24, 2.45) is 0 Å². The summed E-state index contributed by atoms with van der Waals surface area (Å²) in [4.78, 5) is 12.1. The van der Waals surface area contributed by atoms with E-state index in [9.17, 15) is 18.0 Å². The minimum absolute atomic E-state index is 0.110. The minimum Gasteiger partial charge on any atom is -0.479 e. The van der Waals surface area contributed by atoms with Crippen LogP contribution in [0.15, 0.2) is 78.9 Å². The van der Waals surface area contributed by atoms with Gasteiger partial charge in [0.2, 0.25) is 0 Å². The van der Waals surface area contributed by atoms with E-state index < -0.39 is 23.8 Å². The van der Waals surface area contributed by atoms with Crippen LogP contribution in [0.4, 0.5) is 13.2 Å². The first-order valence-electron chi connectivity index (χ1n) is 10.2. The number of alkyl halides is 3. The summed E-state index contributed by atoms with van der Waals surface area (Å²) >= 11 is 0. The fourth-order valence-corrected chi connectivity index (χ4v) is 2.77. The van der Waals surface area contributed by atoms with Gasteiger partial charge in [-0.25, -0.2) is 4.79 Å². The van der Waals surface area contributed by atoms with Crippen molar-refractivity contribution >= 4 is 5.97 Å². The highest BCUT2D eigenvalue weighted by Crippen LogP contribution is 2.31. The SMILES string of the molecule is CC(Oc1ccc(Oc2ccc(C(F)(F)F)cc2)cc1)C(=O)OCCOCc1ccccc1. The van der Waals surface area contributed by atoms with Crippen LogP contribution in [0.3, 0.4) is 0 Å². The molecule has 33 heavy (non-hydrogen) atoms. The minimum atomic E-state index is -4.40. The summed E-state index contributed by atoms with van der Waals surface area (Å²) in [6.45, 7) is 2.38. The lowest BCUT2D eigenvalue weighted by molar-refractivity contribution is -0.152. The predicted octanol–water partition coefficient (Wildman–Crippen LogP) is 6.03. The number of carbonyl (C=O) groups excluding carboxylic acids is 1. The number of hydrogen-bond acceptors (Lipinski definition) is 5. The van der Waals surface area contributed by atoms with E-state index in [4.69, 9.17) is 18.9 Å². The molecule has 0 saturated carbocycles. The molecule has 0 aromatic heterocycles. The van der Waals surface area contributed by atoms with E-state index in [1.54, 1.807) is 31.2 Å². The highest BCUT2D eigenvalue weighted by atomic mass is 19.4. The van der Waals surface area contributed by atoms with Crippen LogP contribution >= 0.6 is 0 Å². The molecule has 0 N–H and O–H groups in total. The van der Waals surface area contributed by atoms with E-state index in [-0.39, 0.29) is 19.0 Å². The summed E-state index contributed by atoms with van der Waals surface area (Å²) in [6, 6.07) is 20.4. The number of halogens is 3. The summed E-state index contributed by atoms with van der Waals surface area (Å²) < 4.78 is 59.6. The maximum atomic E-state index is 12.6. The molecule has 0 aliphatic heterocycles. The Morgan fingerprint density at radius 2 is 1.39 bits per heavy atom. The molecule has 3 aromatic rings. The van der Waals surface area contributed by atoms with Gasteiger partial charge in [-0.05, 0) is 61.0 Å². The molecule has 0 aliphatic rings. The number of esters is 1. The van der Waals surface area contributed by atoms with Gasteiger partial charge in [0, 0.05) is 0 Å². The molecular weight excluding hydrogens is 437 g/mol. The smallest absolute Gasteiger partial charge is 0.416 e. The lowest BCUT2D eigenvalue weighted by Gasteiger charge is -2.14. The summed E-state index contributed by atoms with van der Waals surface area (Å²) in [6.07, 6.45) is -5.23.